The van der Waals surface area contributed by atoms with Crippen LogP contribution in [0.25, 0.3) is 11.0 Å². The van der Waals surface area contributed by atoms with Crippen molar-refractivity contribution in [2.75, 3.05) is 44.7 Å². The van der Waals surface area contributed by atoms with Crippen molar-refractivity contribution in [2.45, 2.75) is 6.54 Å². The Hall–Kier alpha value is -2.71. The average Bonchev–Trinajstić information content (AvgIpc) is 2.74. The zero-order valence-corrected chi connectivity index (χ0v) is 16.7. The maximum Gasteiger partial charge on any atom is 0.264 e. The van der Waals surface area contributed by atoms with Gasteiger partial charge in [0, 0.05) is 11.9 Å². The SMILES string of the molecule is COc1ccc(N2CC[NH+](CCn3c(=S)[nH]c4ncccc4c3=O)CC2)cc1. The number of anilines is 1. The molecule has 3 heterocycles. The minimum Gasteiger partial charge on any atom is -0.497 e. The summed E-state index contributed by atoms with van der Waals surface area (Å²) in [6.07, 6.45) is 1.66. The van der Waals surface area contributed by atoms with Crippen molar-refractivity contribution >= 4 is 28.9 Å². The Kier molecular flexibility index (Phi) is 5.40. The second kappa shape index (κ2) is 8.12. The number of pyridine rings is 1. The molecule has 0 spiro atoms. The second-order valence-corrected chi connectivity index (χ2v) is 7.36. The van der Waals surface area contributed by atoms with Crippen LogP contribution in [0.2, 0.25) is 0 Å². The highest BCUT2D eigenvalue weighted by atomic mass is 32.1. The fraction of sp³-hybridized carbons (Fsp3) is 0.350. The summed E-state index contributed by atoms with van der Waals surface area (Å²) in [5.74, 6) is 0.876. The number of piperazine rings is 1. The molecule has 4 rings (SSSR count). The number of fused-ring (bicyclic) bond motifs is 1. The van der Waals surface area contributed by atoms with Gasteiger partial charge in [-0.2, -0.15) is 0 Å². The molecule has 8 heteroatoms. The molecule has 3 aromatic rings. The number of aromatic nitrogens is 3. The number of nitrogens with one attached hydrogen (secondary N) is 2. The summed E-state index contributed by atoms with van der Waals surface area (Å²) in [5.41, 5.74) is 1.71. The van der Waals surface area contributed by atoms with Gasteiger partial charge in [-0.25, -0.2) is 4.98 Å². The topological polar surface area (TPSA) is 67.6 Å². The molecule has 1 aliphatic heterocycles. The Morgan fingerprint density at radius 3 is 2.68 bits per heavy atom. The molecule has 0 radical (unpaired) electrons. The van der Waals surface area contributed by atoms with Crippen LogP contribution in [0.1, 0.15) is 0 Å². The van der Waals surface area contributed by atoms with Gasteiger partial charge in [0.1, 0.15) is 11.4 Å². The van der Waals surface area contributed by atoms with E-state index in [1.807, 2.05) is 12.1 Å². The molecule has 28 heavy (non-hydrogen) atoms. The van der Waals surface area contributed by atoms with Gasteiger partial charge in [0.25, 0.3) is 5.56 Å². The van der Waals surface area contributed by atoms with Gasteiger partial charge in [0.05, 0.1) is 51.8 Å². The Labute approximate surface area is 168 Å². The number of hydrogen-bond acceptors (Lipinski definition) is 5. The first-order chi connectivity index (χ1) is 13.7. The van der Waals surface area contributed by atoms with E-state index in [2.05, 4.69) is 27.0 Å². The molecule has 0 atom stereocenters. The maximum absolute atomic E-state index is 12.7. The van der Waals surface area contributed by atoms with Crippen LogP contribution in [0.3, 0.4) is 0 Å². The van der Waals surface area contributed by atoms with E-state index < -0.39 is 0 Å². The van der Waals surface area contributed by atoms with E-state index in [0.717, 1.165) is 38.5 Å². The van der Waals surface area contributed by atoms with Crippen LogP contribution in [-0.4, -0.2) is 54.4 Å². The highest BCUT2D eigenvalue weighted by Gasteiger charge is 2.20. The molecule has 0 amide bonds. The molecule has 0 unspecified atom stereocenters. The van der Waals surface area contributed by atoms with Crippen molar-refractivity contribution < 1.29 is 9.64 Å². The molecule has 0 aliphatic carbocycles. The minimum absolute atomic E-state index is 0.0666. The van der Waals surface area contributed by atoms with Gasteiger partial charge in [0.15, 0.2) is 4.77 Å². The smallest absolute Gasteiger partial charge is 0.264 e. The molecular formula is C20H24N5O2S+. The summed E-state index contributed by atoms with van der Waals surface area (Å²) in [5, 5.41) is 0.579. The standard InChI is InChI=1S/C20H23N5O2S/c1-27-16-6-4-15(5-7-16)24-12-9-23(10-13-24)11-14-25-19(26)17-3-2-8-21-18(17)22-20(25)28/h2-8H,9-14H2,1H3,(H,21,22,28)/p+1. The molecule has 146 valence electrons. The number of H-pyrrole nitrogens is 1. The summed E-state index contributed by atoms with van der Waals surface area (Å²) in [6.45, 7) is 5.53. The number of nitrogens with zero attached hydrogens (tertiary/aromatic N) is 3. The van der Waals surface area contributed by atoms with Crippen molar-refractivity contribution in [1.82, 2.24) is 14.5 Å². The zero-order valence-electron chi connectivity index (χ0n) is 15.9. The summed E-state index contributed by atoms with van der Waals surface area (Å²) >= 11 is 5.38. The Morgan fingerprint density at radius 2 is 1.96 bits per heavy atom. The summed E-state index contributed by atoms with van der Waals surface area (Å²) in [6, 6.07) is 11.8. The van der Waals surface area contributed by atoms with Crippen LogP contribution in [0.5, 0.6) is 5.75 Å². The first-order valence-electron chi connectivity index (χ1n) is 9.46. The zero-order chi connectivity index (χ0) is 19.5. The van der Waals surface area contributed by atoms with E-state index in [4.69, 9.17) is 17.0 Å². The fourth-order valence-electron chi connectivity index (χ4n) is 3.68. The molecule has 1 fully saturated rings. The third-order valence-corrected chi connectivity index (χ3v) is 5.67. The third-order valence-electron chi connectivity index (χ3n) is 5.35. The fourth-order valence-corrected chi connectivity index (χ4v) is 3.95. The van der Waals surface area contributed by atoms with Crippen molar-refractivity contribution in [1.29, 1.82) is 0 Å². The summed E-state index contributed by atoms with van der Waals surface area (Å²) < 4.78 is 7.32. The summed E-state index contributed by atoms with van der Waals surface area (Å²) in [4.78, 5) is 23.8. The lowest BCUT2D eigenvalue weighted by Gasteiger charge is -2.33. The largest absolute Gasteiger partial charge is 0.497 e. The normalized spacial score (nSPS) is 15.1. The lowest BCUT2D eigenvalue weighted by molar-refractivity contribution is -0.901. The van der Waals surface area contributed by atoms with E-state index in [1.54, 1.807) is 30.0 Å². The van der Waals surface area contributed by atoms with Crippen LogP contribution >= 0.6 is 12.2 Å². The monoisotopic (exact) mass is 398 g/mol. The van der Waals surface area contributed by atoms with Gasteiger partial charge in [0.2, 0.25) is 0 Å². The molecule has 7 nitrogen and oxygen atoms in total. The van der Waals surface area contributed by atoms with E-state index in [1.165, 1.54) is 10.6 Å². The Morgan fingerprint density at radius 1 is 1.21 bits per heavy atom. The van der Waals surface area contributed by atoms with Gasteiger partial charge in [-0.05, 0) is 48.6 Å². The van der Waals surface area contributed by atoms with Crippen molar-refractivity contribution in [3.8, 4) is 5.75 Å². The van der Waals surface area contributed by atoms with Gasteiger partial charge < -0.3 is 19.5 Å². The van der Waals surface area contributed by atoms with Crippen LogP contribution < -0.4 is 20.1 Å². The number of quaternary nitrogens is 1. The Balaban J connectivity index is 1.39. The van der Waals surface area contributed by atoms with E-state index in [-0.39, 0.29) is 5.56 Å². The number of aromatic amines is 1. The number of rotatable bonds is 5. The predicted molar refractivity (Wildman–Crippen MR) is 112 cm³/mol. The first kappa shape index (κ1) is 18.6. The van der Waals surface area contributed by atoms with Gasteiger partial charge in [-0.15, -0.1) is 0 Å². The number of hydrogen-bond donors (Lipinski definition) is 2. The molecule has 1 aliphatic rings. The molecule has 2 N–H and O–H groups in total. The number of methoxy groups -OCH3 is 1. The summed E-state index contributed by atoms with van der Waals surface area (Å²) in [7, 11) is 1.68. The quantitative estimate of drug-likeness (QED) is 0.625. The van der Waals surface area contributed by atoms with Gasteiger partial charge in [-0.3, -0.25) is 9.36 Å². The van der Waals surface area contributed by atoms with Crippen molar-refractivity contribution in [2.24, 2.45) is 0 Å². The highest BCUT2D eigenvalue weighted by molar-refractivity contribution is 7.71. The van der Waals surface area contributed by atoms with Gasteiger partial charge >= 0.3 is 0 Å². The lowest BCUT2D eigenvalue weighted by Crippen LogP contribution is -3.15. The van der Waals surface area contributed by atoms with Crippen LogP contribution in [0.15, 0.2) is 47.4 Å². The molecule has 2 aromatic heterocycles. The van der Waals surface area contributed by atoms with Crippen molar-refractivity contribution in [3.63, 3.8) is 0 Å². The number of ether oxygens (including phenoxy) is 1. The molecular weight excluding hydrogens is 374 g/mol. The predicted octanol–water partition coefficient (Wildman–Crippen LogP) is 0.868. The van der Waals surface area contributed by atoms with Crippen LogP contribution in [-0.2, 0) is 6.54 Å². The molecule has 0 bridgehead atoms. The van der Waals surface area contributed by atoms with E-state index >= 15 is 0 Å². The Bertz CT molecular complexity index is 1070. The minimum atomic E-state index is -0.0666. The number of benzene rings is 1. The van der Waals surface area contributed by atoms with Crippen LogP contribution in [0.4, 0.5) is 5.69 Å². The van der Waals surface area contributed by atoms with E-state index in [0.29, 0.717) is 22.3 Å². The third kappa shape index (κ3) is 3.79. The highest BCUT2D eigenvalue weighted by Crippen LogP contribution is 2.18. The van der Waals surface area contributed by atoms with Gasteiger partial charge in [-0.1, -0.05) is 0 Å². The second-order valence-electron chi connectivity index (χ2n) is 6.97. The van der Waals surface area contributed by atoms with Crippen LogP contribution in [0, 0.1) is 4.77 Å². The molecule has 1 saturated heterocycles. The molecule has 0 saturated carbocycles. The van der Waals surface area contributed by atoms with E-state index in [9.17, 15) is 4.79 Å². The lowest BCUT2D eigenvalue weighted by atomic mass is 10.2. The molecule has 1 aromatic carbocycles. The average molecular weight is 399 g/mol. The maximum atomic E-state index is 12.7. The van der Waals surface area contributed by atoms with Crippen molar-refractivity contribution in [3.05, 3.63) is 57.7 Å². The first-order valence-corrected chi connectivity index (χ1v) is 9.87.